The third-order valence-corrected chi connectivity index (χ3v) is 2.77. The predicted molar refractivity (Wildman–Crippen MR) is 62.0 cm³/mol. The molecule has 0 aliphatic carbocycles. The lowest BCUT2D eigenvalue weighted by molar-refractivity contribution is -0.139. The molecule has 0 fully saturated rings. The Hall–Kier alpha value is -1.22. The standard InChI is InChI=1S/C11H13NO2.ClH/c1-12-7-6-9(11(13)14)8-4-2-3-5-10(8)12;/h2-5,9H,6-7H2,1H3,(H,13,14);1H. The molecule has 1 aliphatic rings. The van der Waals surface area contributed by atoms with Gasteiger partial charge in [0.15, 0.2) is 0 Å². The van der Waals surface area contributed by atoms with Crippen molar-refractivity contribution in [1.82, 2.24) is 0 Å². The zero-order chi connectivity index (χ0) is 10.1. The molecule has 0 spiro atoms. The molecule has 4 heteroatoms. The van der Waals surface area contributed by atoms with E-state index >= 15 is 0 Å². The molecule has 1 unspecified atom stereocenters. The molecule has 0 saturated carbocycles. The van der Waals surface area contributed by atoms with Crippen LogP contribution in [0.25, 0.3) is 0 Å². The van der Waals surface area contributed by atoms with Crippen molar-refractivity contribution in [3.63, 3.8) is 0 Å². The number of para-hydroxylation sites is 1. The Kier molecular flexibility index (Phi) is 3.58. The molecule has 1 heterocycles. The van der Waals surface area contributed by atoms with Gasteiger partial charge in [0.1, 0.15) is 0 Å². The first kappa shape index (κ1) is 11.9. The Balaban J connectivity index is 0.00000112. The van der Waals surface area contributed by atoms with Crippen molar-refractivity contribution in [3.05, 3.63) is 29.8 Å². The number of aliphatic carboxylic acids is 1. The summed E-state index contributed by atoms with van der Waals surface area (Å²) >= 11 is 0. The summed E-state index contributed by atoms with van der Waals surface area (Å²) in [6.07, 6.45) is 0.697. The molecule has 1 aliphatic heterocycles. The predicted octanol–water partition coefficient (Wildman–Crippen LogP) is 2.12. The maximum Gasteiger partial charge on any atom is 0.311 e. The van der Waals surface area contributed by atoms with Gasteiger partial charge in [0, 0.05) is 19.3 Å². The van der Waals surface area contributed by atoms with E-state index in [1.165, 1.54) is 0 Å². The topological polar surface area (TPSA) is 40.5 Å². The minimum absolute atomic E-state index is 0. The molecule has 0 saturated heterocycles. The Morgan fingerprint density at radius 2 is 2.13 bits per heavy atom. The van der Waals surface area contributed by atoms with E-state index in [9.17, 15) is 4.79 Å². The number of rotatable bonds is 1. The number of carboxylic acids is 1. The van der Waals surface area contributed by atoms with Crippen LogP contribution in [0.3, 0.4) is 0 Å². The molecule has 1 aromatic rings. The maximum atomic E-state index is 11.0. The fourth-order valence-electron chi connectivity index (χ4n) is 1.99. The number of carboxylic acid groups (broad SMARTS) is 1. The second kappa shape index (κ2) is 4.53. The fraction of sp³-hybridized carbons (Fsp3) is 0.364. The highest BCUT2D eigenvalue weighted by molar-refractivity contribution is 5.85. The van der Waals surface area contributed by atoms with Crippen LogP contribution in [0.1, 0.15) is 17.9 Å². The summed E-state index contributed by atoms with van der Waals surface area (Å²) in [6.45, 7) is 0.813. The van der Waals surface area contributed by atoms with Gasteiger partial charge in [-0.25, -0.2) is 0 Å². The summed E-state index contributed by atoms with van der Waals surface area (Å²) in [6, 6.07) is 7.72. The molecule has 15 heavy (non-hydrogen) atoms. The van der Waals surface area contributed by atoms with Gasteiger partial charge in [-0.3, -0.25) is 4.79 Å². The second-order valence-corrected chi connectivity index (χ2v) is 3.66. The summed E-state index contributed by atoms with van der Waals surface area (Å²) < 4.78 is 0. The van der Waals surface area contributed by atoms with Gasteiger partial charge in [-0.1, -0.05) is 18.2 Å². The minimum Gasteiger partial charge on any atom is -0.481 e. The Bertz CT molecular complexity index is 367. The second-order valence-electron chi connectivity index (χ2n) is 3.66. The normalized spacial score (nSPS) is 19.0. The first-order chi connectivity index (χ1) is 6.70. The van der Waals surface area contributed by atoms with Crippen molar-refractivity contribution >= 4 is 24.1 Å². The molecule has 1 N–H and O–H groups in total. The average Bonchev–Trinajstić information content (AvgIpc) is 2.18. The molecule has 1 atom stereocenters. The van der Waals surface area contributed by atoms with Gasteiger partial charge in [0.05, 0.1) is 5.92 Å². The lowest BCUT2D eigenvalue weighted by atomic mass is 9.90. The summed E-state index contributed by atoms with van der Waals surface area (Å²) in [5.41, 5.74) is 1.99. The number of anilines is 1. The van der Waals surface area contributed by atoms with Gasteiger partial charge in [-0.05, 0) is 18.1 Å². The van der Waals surface area contributed by atoms with E-state index in [1.807, 2.05) is 31.3 Å². The Morgan fingerprint density at radius 1 is 1.47 bits per heavy atom. The Morgan fingerprint density at radius 3 is 2.80 bits per heavy atom. The monoisotopic (exact) mass is 227 g/mol. The van der Waals surface area contributed by atoms with Crippen molar-refractivity contribution in [2.24, 2.45) is 0 Å². The SMILES string of the molecule is CN1CCC(C(=O)O)c2ccccc21.Cl. The summed E-state index contributed by atoms with van der Waals surface area (Å²) in [7, 11) is 2.00. The number of nitrogens with zero attached hydrogens (tertiary/aromatic N) is 1. The highest BCUT2D eigenvalue weighted by Gasteiger charge is 2.27. The number of hydrogen-bond donors (Lipinski definition) is 1. The maximum absolute atomic E-state index is 11.0. The van der Waals surface area contributed by atoms with Crippen LogP contribution in [0.2, 0.25) is 0 Å². The summed E-state index contributed by atoms with van der Waals surface area (Å²) in [5.74, 6) is -1.05. The molecule has 0 bridgehead atoms. The molecule has 3 nitrogen and oxygen atoms in total. The van der Waals surface area contributed by atoms with Crippen LogP contribution in [0, 0.1) is 0 Å². The minimum atomic E-state index is -0.717. The first-order valence-electron chi connectivity index (χ1n) is 4.73. The molecular formula is C11H14ClNO2. The Labute approximate surface area is 95.1 Å². The number of carbonyl (C=O) groups is 1. The van der Waals surface area contributed by atoms with Crippen molar-refractivity contribution in [2.75, 3.05) is 18.5 Å². The fourth-order valence-corrected chi connectivity index (χ4v) is 1.99. The van der Waals surface area contributed by atoms with Crippen LogP contribution in [-0.2, 0) is 4.79 Å². The van der Waals surface area contributed by atoms with E-state index in [4.69, 9.17) is 5.11 Å². The van der Waals surface area contributed by atoms with Crippen molar-refractivity contribution in [3.8, 4) is 0 Å². The highest BCUT2D eigenvalue weighted by atomic mass is 35.5. The molecule has 0 amide bonds. The molecule has 0 radical (unpaired) electrons. The number of fused-ring (bicyclic) bond motifs is 1. The van der Waals surface area contributed by atoms with E-state index in [1.54, 1.807) is 0 Å². The van der Waals surface area contributed by atoms with Gasteiger partial charge in [0.25, 0.3) is 0 Å². The van der Waals surface area contributed by atoms with E-state index in [0.717, 1.165) is 17.8 Å². The van der Waals surface area contributed by atoms with Crippen LogP contribution >= 0.6 is 12.4 Å². The van der Waals surface area contributed by atoms with Crippen LogP contribution < -0.4 is 4.90 Å². The molecule has 82 valence electrons. The van der Waals surface area contributed by atoms with Gasteiger partial charge < -0.3 is 10.0 Å². The molecule has 1 aromatic carbocycles. The summed E-state index contributed by atoms with van der Waals surface area (Å²) in [5, 5.41) is 9.05. The van der Waals surface area contributed by atoms with Gasteiger partial charge in [0.2, 0.25) is 0 Å². The lowest BCUT2D eigenvalue weighted by Gasteiger charge is -2.31. The number of hydrogen-bond acceptors (Lipinski definition) is 2. The first-order valence-corrected chi connectivity index (χ1v) is 4.73. The molecule has 0 aromatic heterocycles. The van der Waals surface area contributed by atoms with Gasteiger partial charge in [-0.2, -0.15) is 0 Å². The largest absolute Gasteiger partial charge is 0.481 e. The number of halogens is 1. The quantitative estimate of drug-likeness (QED) is 0.799. The van der Waals surface area contributed by atoms with Crippen LogP contribution in [0.4, 0.5) is 5.69 Å². The van der Waals surface area contributed by atoms with Crippen LogP contribution in [0.5, 0.6) is 0 Å². The zero-order valence-electron chi connectivity index (χ0n) is 8.51. The van der Waals surface area contributed by atoms with E-state index < -0.39 is 5.97 Å². The van der Waals surface area contributed by atoms with E-state index in [-0.39, 0.29) is 18.3 Å². The highest BCUT2D eigenvalue weighted by Crippen LogP contribution is 2.34. The third-order valence-electron chi connectivity index (χ3n) is 2.77. The van der Waals surface area contributed by atoms with Gasteiger partial charge in [-0.15, -0.1) is 12.4 Å². The lowest BCUT2D eigenvalue weighted by Crippen LogP contribution is -2.30. The van der Waals surface area contributed by atoms with E-state index in [2.05, 4.69) is 4.90 Å². The van der Waals surface area contributed by atoms with Gasteiger partial charge >= 0.3 is 5.97 Å². The summed E-state index contributed by atoms with van der Waals surface area (Å²) in [4.78, 5) is 13.1. The third kappa shape index (κ3) is 2.07. The number of benzene rings is 1. The van der Waals surface area contributed by atoms with Crippen LogP contribution in [0.15, 0.2) is 24.3 Å². The molecular weight excluding hydrogens is 214 g/mol. The van der Waals surface area contributed by atoms with Crippen molar-refractivity contribution < 1.29 is 9.90 Å². The molecule has 2 rings (SSSR count). The van der Waals surface area contributed by atoms with E-state index in [0.29, 0.717) is 6.42 Å². The van der Waals surface area contributed by atoms with Crippen molar-refractivity contribution in [2.45, 2.75) is 12.3 Å². The zero-order valence-corrected chi connectivity index (χ0v) is 9.33. The van der Waals surface area contributed by atoms with Crippen molar-refractivity contribution in [1.29, 1.82) is 0 Å². The van der Waals surface area contributed by atoms with Crippen LogP contribution in [-0.4, -0.2) is 24.7 Å². The smallest absolute Gasteiger partial charge is 0.311 e. The average molecular weight is 228 g/mol.